The van der Waals surface area contributed by atoms with Crippen molar-refractivity contribution in [2.75, 3.05) is 13.1 Å². The summed E-state index contributed by atoms with van der Waals surface area (Å²) in [6, 6.07) is 4.28. The van der Waals surface area contributed by atoms with E-state index in [0.29, 0.717) is 12.1 Å². The maximum Gasteiger partial charge on any atom is 0.416 e. The first-order valence-electron chi connectivity index (χ1n) is 5.35. The summed E-state index contributed by atoms with van der Waals surface area (Å²) in [6.07, 6.45) is -3.09. The standard InChI is InChI=1S/C12H14F3N/c1-9-5-10(8-16-3-2-4-16)7-11(6-9)12(13,14)15/h5-7H,2-4,8H2,1H3. The van der Waals surface area contributed by atoms with Gasteiger partial charge in [-0.3, -0.25) is 4.90 Å². The molecule has 1 fully saturated rings. The fourth-order valence-electron chi connectivity index (χ4n) is 1.92. The molecule has 0 radical (unpaired) electrons. The van der Waals surface area contributed by atoms with Crippen LogP contribution in [0.5, 0.6) is 0 Å². The van der Waals surface area contributed by atoms with Crippen molar-refractivity contribution in [1.29, 1.82) is 0 Å². The molecule has 2 rings (SSSR count). The average molecular weight is 229 g/mol. The molecule has 88 valence electrons. The Bertz CT molecular complexity index is 380. The maximum atomic E-state index is 12.6. The number of hydrogen-bond acceptors (Lipinski definition) is 1. The molecule has 0 aromatic heterocycles. The van der Waals surface area contributed by atoms with Gasteiger partial charge >= 0.3 is 6.18 Å². The van der Waals surface area contributed by atoms with Gasteiger partial charge in [0.05, 0.1) is 5.56 Å². The van der Waals surface area contributed by atoms with Crippen LogP contribution in [0.2, 0.25) is 0 Å². The number of likely N-dealkylation sites (tertiary alicyclic amines) is 1. The Morgan fingerprint density at radius 1 is 1.19 bits per heavy atom. The lowest BCUT2D eigenvalue weighted by molar-refractivity contribution is -0.137. The Kier molecular flexibility index (Phi) is 2.93. The van der Waals surface area contributed by atoms with Gasteiger partial charge < -0.3 is 0 Å². The van der Waals surface area contributed by atoms with Crippen LogP contribution in [0, 0.1) is 6.92 Å². The molecule has 1 aliphatic heterocycles. The lowest BCUT2D eigenvalue weighted by atomic mass is 10.0. The third-order valence-corrected chi connectivity index (χ3v) is 2.82. The van der Waals surface area contributed by atoms with Crippen LogP contribution in [-0.4, -0.2) is 18.0 Å². The second kappa shape index (κ2) is 4.09. The minimum Gasteiger partial charge on any atom is -0.299 e. The van der Waals surface area contributed by atoms with E-state index in [1.165, 1.54) is 12.1 Å². The van der Waals surface area contributed by atoms with Gasteiger partial charge in [-0.2, -0.15) is 13.2 Å². The minimum atomic E-state index is -4.24. The van der Waals surface area contributed by atoms with Crippen molar-refractivity contribution >= 4 is 0 Å². The zero-order valence-corrected chi connectivity index (χ0v) is 9.14. The summed E-state index contributed by atoms with van der Waals surface area (Å²) in [5, 5.41) is 0. The highest BCUT2D eigenvalue weighted by Gasteiger charge is 2.31. The van der Waals surface area contributed by atoms with Gasteiger partial charge in [0, 0.05) is 6.54 Å². The van der Waals surface area contributed by atoms with Crippen LogP contribution in [-0.2, 0) is 12.7 Å². The lowest BCUT2D eigenvalue weighted by Crippen LogP contribution is -2.36. The minimum absolute atomic E-state index is 0.539. The molecular formula is C12H14F3N. The van der Waals surface area contributed by atoms with Crippen LogP contribution in [0.3, 0.4) is 0 Å². The summed E-state index contributed by atoms with van der Waals surface area (Å²) in [5.41, 5.74) is 0.889. The van der Waals surface area contributed by atoms with Crippen LogP contribution in [0.1, 0.15) is 23.1 Å². The Balaban J connectivity index is 2.21. The molecule has 16 heavy (non-hydrogen) atoms. The number of halogens is 3. The highest BCUT2D eigenvalue weighted by atomic mass is 19.4. The highest BCUT2D eigenvalue weighted by Crippen LogP contribution is 2.31. The molecule has 1 aromatic carbocycles. The van der Waals surface area contributed by atoms with E-state index in [1.54, 1.807) is 6.92 Å². The van der Waals surface area contributed by atoms with Crippen LogP contribution < -0.4 is 0 Å². The molecule has 0 unspecified atom stereocenters. The van der Waals surface area contributed by atoms with E-state index >= 15 is 0 Å². The molecule has 0 saturated carbocycles. The molecule has 1 aliphatic rings. The van der Waals surface area contributed by atoms with Gasteiger partial charge in [0.15, 0.2) is 0 Å². The largest absolute Gasteiger partial charge is 0.416 e. The number of nitrogens with zero attached hydrogens (tertiary/aromatic N) is 1. The van der Waals surface area contributed by atoms with E-state index in [-0.39, 0.29) is 0 Å². The molecule has 0 bridgehead atoms. The van der Waals surface area contributed by atoms with Gasteiger partial charge in [-0.15, -0.1) is 0 Å². The van der Waals surface area contributed by atoms with Gasteiger partial charge in [0.25, 0.3) is 0 Å². The SMILES string of the molecule is Cc1cc(CN2CCC2)cc(C(F)(F)F)c1. The predicted molar refractivity (Wildman–Crippen MR) is 56.1 cm³/mol. The first-order valence-corrected chi connectivity index (χ1v) is 5.35. The molecular weight excluding hydrogens is 215 g/mol. The predicted octanol–water partition coefficient (Wildman–Crippen LogP) is 3.22. The van der Waals surface area contributed by atoms with Gasteiger partial charge in [-0.1, -0.05) is 11.6 Å². The van der Waals surface area contributed by atoms with Crippen molar-refractivity contribution in [3.63, 3.8) is 0 Å². The zero-order valence-electron chi connectivity index (χ0n) is 9.14. The van der Waals surface area contributed by atoms with Crippen molar-refractivity contribution in [3.05, 3.63) is 34.9 Å². The first kappa shape index (κ1) is 11.5. The molecule has 1 aromatic rings. The van der Waals surface area contributed by atoms with Crippen molar-refractivity contribution in [2.45, 2.75) is 26.1 Å². The third kappa shape index (κ3) is 2.55. The second-order valence-electron chi connectivity index (χ2n) is 4.33. The average Bonchev–Trinajstić information content (AvgIpc) is 2.09. The zero-order chi connectivity index (χ0) is 11.8. The molecule has 1 saturated heterocycles. The van der Waals surface area contributed by atoms with E-state index in [4.69, 9.17) is 0 Å². The van der Waals surface area contributed by atoms with Gasteiger partial charge in [0.2, 0.25) is 0 Å². The third-order valence-electron chi connectivity index (χ3n) is 2.82. The molecule has 1 heterocycles. The number of hydrogen-bond donors (Lipinski definition) is 0. The number of rotatable bonds is 2. The van der Waals surface area contributed by atoms with Crippen molar-refractivity contribution in [3.8, 4) is 0 Å². The van der Waals surface area contributed by atoms with Gasteiger partial charge in [-0.05, 0) is 44.1 Å². The smallest absolute Gasteiger partial charge is 0.299 e. The van der Waals surface area contributed by atoms with E-state index in [0.717, 1.165) is 25.1 Å². The van der Waals surface area contributed by atoms with E-state index in [2.05, 4.69) is 4.90 Å². The molecule has 1 nitrogen and oxygen atoms in total. The van der Waals surface area contributed by atoms with Crippen LogP contribution >= 0.6 is 0 Å². The second-order valence-corrected chi connectivity index (χ2v) is 4.33. The summed E-state index contributed by atoms with van der Waals surface area (Å²) in [6.45, 7) is 4.32. The van der Waals surface area contributed by atoms with E-state index in [9.17, 15) is 13.2 Å². The summed E-state index contributed by atoms with van der Waals surface area (Å²) < 4.78 is 37.7. The number of alkyl halides is 3. The molecule has 0 spiro atoms. The Morgan fingerprint density at radius 3 is 2.38 bits per heavy atom. The summed E-state index contributed by atoms with van der Waals surface area (Å²) in [5.74, 6) is 0. The Morgan fingerprint density at radius 2 is 1.88 bits per heavy atom. The number of benzene rings is 1. The van der Waals surface area contributed by atoms with Crippen LogP contribution in [0.4, 0.5) is 13.2 Å². The number of aryl methyl sites for hydroxylation is 1. The quantitative estimate of drug-likeness (QED) is 0.752. The molecule has 4 heteroatoms. The molecule has 0 amide bonds. The van der Waals surface area contributed by atoms with Gasteiger partial charge in [0.1, 0.15) is 0 Å². The van der Waals surface area contributed by atoms with Gasteiger partial charge in [-0.25, -0.2) is 0 Å². The Hall–Kier alpha value is -1.03. The van der Waals surface area contributed by atoms with Crippen molar-refractivity contribution in [1.82, 2.24) is 4.90 Å². The maximum absolute atomic E-state index is 12.6. The molecule has 0 aliphatic carbocycles. The monoisotopic (exact) mass is 229 g/mol. The molecule has 0 atom stereocenters. The van der Waals surface area contributed by atoms with Crippen LogP contribution in [0.15, 0.2) is 18.2 Å². The van der Waals surface area contributed by atoms with E-state index < -0.39 is 11.7 Å². The topological polar surface area (TPSA) is 3.24 Å². The normalized spacial score (nSPS) is 17.2. The van der Waals surface area contributed by atoms with Crippen molar-refractivity contribution in [2.24, 2.45) is 0 Å². The lowest BCUT2D eigenvalue weighted by Gasteiger charge is -2.30. The fraction of sp³-hybridized carbons (Fsp3) is 0.500. The molecule has 0 N–H and O–H groups in total. The fourth-order valence-corrected chi connectivity index (χ4v) is 1.92. The summed E-state index contributed by atoms with van der Waals surface area (Å²) >= 11 is 0. The highest BCUT2D eigenvalue weighted by molar-refractivity contribution is 5.31. The summed E-state index contributed by atoms with van der Waals surface area (Å²) in [7, 11) is 0. The summed E-state index contributed by atoms with van der Waals surface area (Å²) in [4.78, 5) is 2.15. The van der Waals surface area contributed by atoms with Crippen molar-refractivity contribution < 1.29 is 13.2 Å². The van der Waals surface area contributed by atoms with E-state index in [1.807, 2.05) is 6.07 Å². The van der Waals surface area contributed by atoms with Crippen LogP contribution in [0.25, 0.3) is 0 Å². The first-order chi connectivity index (χ1) is 7.45. The Labute approximate surface area is 92.9 Å².